The summed E-state index contributed by atoms with van der Waals surface area (Å²) < 4.78 is 41.8. The van der Waals surface area contributed by atoms with Crippen LogP contribution in [-0.2, 0) is 19.0 Å². The first kappa shape index (κ1) is 12.6. The van der Waals surface area contributed by atoms with E-state index in [1.807, 2.05) is 0 Å². The molecule has 0 saturated carbocycles. The Morgan fingerprint density at radius 3 is 2.28 bits per heavy atom. The molecule has 0 unspecified atom stereocenters. The van der Waals surface area contributed by atoms with Gasteiger partial charge in [0.15, 0.2) is 5.82 Å². The van der Waals surface area contributed by atoms with Crippen molar-refractivity contribution < 1.29 is 17.7 Å². The maximum Gasteiger partial charge on any atom is 0.416 e. The normalized spacial score (nSPS) is 11.8. The maximum absolute atomic E-state index is 12.3. The van der Waals surface area contributed by atoms with E-state index in [1.165, 1.54) is 12.1 Å². The van der Waals surface area contributed by atoms with Gasteiger partial charge in [-0.3, -0.25) is 0 Å². The zero-order chi connectivity index (χ0) is 13.2. The molecule has 1 aromatic heterocycles. The average Bonchev–Trinajstić information content (AvgIpc) is 2.72. The van der Waals surface area contributed by atoms with Gasteiger partial charge >= 0.3 is 6.18 Å². The fraction of sp³-hybridized carbons (Fsp3) is 0.333. The summed E-state index contributed by atoms with van der Waals surface area (Å²) in [6, 6.07) is 5.10. The van der Waals surface area contributed by atoms with Gasteiger partial charge in [-0.05, 0) is 24.1 Å². The molecule has 1 aromatic carbocycles. The molecule has 0 spiro atoms. The summed E-state index contributed by atoms with van der Waals surface area (Å²) in [5, 5.41) is 3.72. The first-order valence-electron chi connectivity index (χ1n) is 5.40. The molecule has 0 fully saturated rings. The molecular weight excluding hydrogens is 245 g/mol. The van der Waals surface area contributed by atoms with Crippen LogP contribution in [0.25, 0.3) is 0 Å². The summed E-state index contributed by atoms with van der Waals surface area (Å²) in [7, 11) is 0. The van der Waals surface area contributed by atoms with Gasteiger partial charge in [0.25, 0.3) is 0 Å². The van der Waals surface area contributed by atoms with E-state index in [0.29, 0.717) is 24.6 Å². The SMILES string of the molecule is Cc1nc(CCc2ccc(C(F)(F)F)cc2)no1. The number of aryl methyl sites for hydroxylation is 3. The molecule has 0 radical (unpaired) electrons. The van der Waals surface area contributed by atoms with E-state index in [2.05, 4.69) is 10.1 Å². The Hall–Kier alpha value is -1.85. The van der Waals surface area contributed by atoms with Crippen molar-refractivity contribution >= 4 is 0 Å². The summed E-state index contributed by atoms with van der Waals surface area (Å²) in [6.07, 6.45) is -3.16. The largest absolute Gasteiger partial charge is 0.416 e. The molecular formula is C12H11F3N2O. The highest BCUT2D eigenvalue weighted by atomic mass is 19.4. The molecule has 0 aliphatic carbocycles. The molecule has 0 saturated heterocycles. The second-order valence-corrected chi connectivity index (χ2v) is 3.92. The Bertz CT molecular complexity index is 517. The van der Waals surface area contributed by atoms with Crippen LogP contribution < -0.4 is 0 Å². The van der Waals surface area contributed by atoms with E-state index in [1.54, 1.807) is 6.92 Å². The first-order valence-corrected chi connectivity index (χ1v) is 5.40. The molecule has 0 aliphatic rings. The number of alkyl halides is 3. The van der Waals surface area contributed by atoms with Gasteiger partial charge in [-0.1, -0.05) is 17.3 Å². The van der Waals surface area contributed by atoms with E-state index >= 15 is 0 Å². The minimum Gasteiger partial charge on any atom is -0.340 e. The maximum atomic E-state index is 12.3. The lowest BCUT2D eigenvalue weighted by Gasteiger charge is -2.06. The first-order chi connectivity index (χ1) is 8.45. The fourth-order valence-corrected chi connectivity index (χ4v) is 1.56. The van der Waals surface area contributed by atoms with E-state index in [4.69, 9.17) is 4.52 Å². The van der Waals surface area contributed by atoms with Crippen LogP contribution in [0.3, 0.4) is 0 Å². The summed E-state index contributed by atoms with van der Waals surface area (Å²) in [6.45, 7) is 1.69. The van der Waals surface area contributed by atoms with Crippen LogP contribution in [0.15, 0.2) is 28.8 Å². The molecule has 1 heterocycles. The number of rotatable bonds is 3. The van der Waals surface area contributed by atoms with Crippen LogP contribution in [-0.4, -0.2) is 10.1 Å². The highest BCUT2D eigenvalue weighted by molar-refractivity contribution is 5.24. The number of hydrogen-bond donors (Lipinski definition) is 0. The predicted octanol–water partition coefficient (Wildman–Crippen LogP) is 3.18. The monoisotopic (exact) mass is 256 g/mol. The van der Waals surface area contributed by atoms with Gasteiger partial charge in [0.1, 0.15) is 0 Å². The van der Waals surface area contributed by atoms with Gasteiger partial charge < -0.3 is 4.52 Å². The second kappa shape index (κ2) is 4.80. The smallest absolute Gasteiger partial charge is 0.340 e. The highest BCUT2D eigenvalue weighted by Gasteiger charge is 2.29. The van der Waals surface area contributed by atoms with E-state index in [-0.39, 0.29) is 0 Å². The average molecular weight is 256 g/mol. The lowest BCUT2D eigenvalue weighted by atomic mass is 10.1. The standard InChI is InChI=1S/C12H11F3N2O/c1-8-16-11(17-18-8)7-4-9-2-5-10(6-3-9)12(13,14)15/h2-3,5-6H,4,7H2,1H3. The third kappa shape index (κ3) is 3.09. The molecule has 18 heavy (non-hydrogen) atoms. The molecule has 2 rings (SSSR count). The van der Waals surface area contributed by atoms with Crippen molar-refractivity contribution in [2.75, 3.05) is 0 Å². The van der Waals surface area contributed by atoms with Crippen LogP contribution in [0.2, 0.25) is 0 Å². The Labute approximate surface area is 102 Å². The van der Waals surface area contributed by atoms with Crippen molar-refractivity contribution in [2.24, 2.45) is 0 Å². The van der Waals surface area contributed by atoms with E-state index < -0.39 is 11.7 Å². The number of halogens is 3. The van der Waals surface area contributed by atoms with Crippen molar-refractivity contribution in [2.45, 2.75) is 25.9 Å². The Morgan fingerprint density at radius 1 is 1.11 bits per heavy atom. The van der Waals surface area contributed by atoms with Crippen LogP contribution in [0.5, 0.6) is 0 Å². The van der Waals surface area contributed by atoms with Crippen molar-refractivity contribution in [3.05, 3.63) is 47.1 Å². The topological polar surface area (TPSA) is 38.9 Å². The Morgan fingerprint density at radius 2 is 1.78 bits per heavy atom. The van der Waals surface area contributed by atoms with Gasteiger partial charge in [-0.2, -0.15) is 18.2 Å². The van der Waals surface area contributed by atoms with E-state index in [9.17, 15) is 13.2 Å². The van der Waals surface area contributed by atoms with Gasteiger partial charge in [-0.15, -0.1) is 0 Å². The lowest BCUT2D eigenvalue weighted by Crippen LogP contribution is -2.04. The lowest BCUT2D eigenvalue weighted by molar-refractivity contribution is -0.137. The zero-order valence-electron chi connectivity index (χ0n) is 9.66. The fourth-order valence-electron chi connectivity index (χ4n) is 1.56. The van der Waals surface area contributed by atoms with Gasteiger partial charge in [-0.25, -0.2) is 0 Å². The summed E-state index contributed by atoms with van der Waals surface area (Å²) >= 11 is 0. The van der Waals surface area contributed by atoms with Crippen molar-refractivity contribution in [1.29, 1.82) is 0 Å². The summed E-state index contributed by atoms with van der Waals surface area (Å²) in [4.78, 5) is 4.02. The molecule has 6 heteroatoms. The van der Waals surface area contributed by atoms with Crippen molar-refractivity contribution in [1.82, 2.24) is 10.1 Å². The van der Waals surface area contributed by atoms with Crippen LogP contribution in [0.1, 0.15) is 22.8 Å². The number of benzene rings is 1. The second-order valence-electron chi connectivity index (χ2n) is 3.92. The molecule has 0 N–H and O–H groups in total. The third-order valence-corrected chi connectivity index (χ3v) is 2.49. The zero-order valence-corrected chi connectivity index (χ0v) is 9.66. The van der Waals surface area contributed by atoms with Gasteiger partial charge in [0.05, 0.1) is 5.56 Å². The molecule has 0 aliphatic heterocycles. The molecule has 2 aromatic rings. The number of hydrogen-bond acceptors (Lipinski definition) is 3. The molecule has 0 amide bonds. The quantitative estimate of drug-likeness (QED) is 0.846. The minimum atomic E-state index is -4.29. The summed E-state index contributed by atoms with van der Waals surface area (Å²) in [5.41, 5.74) is 0.173. The van der Waals surface area contributed by atoms with E-state index in [0.717, 1.165) is 17.7 Å². The van der Waals surface area contributed by atoms with Crippen molar-refractivity contribution in [3.8, 4) is 0 Å². The van der Waals surface area contributed by atoms with Crippen LogP contribution in [0, 0.1) is 6.92 Å². The predicted molar refractivity (Wildman–Crippen MR) is 57.9 cm³/mol. The third-order valence-electron chi connectivity index (χ3n) is 2.49. The Balaban J connectivity index is 1.98. The molecule has 96 valence electrons. The molecule has 3 nitrogen and oxygen atoms in total. The van der Waals surface area contributed by atoms with Crippen LogP contribution >= 0.6 is 0 Å². The minimum absolute atomic E-state index is 0.484. The van der Waals surface area contributed by atoms with Crippen molar-refractivity contribution in [3.63, 3.8) is 0 Å². The molecule has 0 bridgehead atoms. The summed E-state index contributed by atoms with van der Waals surface area (Å²) in [5.74, 6) is 1.05. The highest BCUT2D eigenvalue weighted by Crippen LogP contribution is 2.29. The van der Waals surface area contributed by atoms with Crippen LogP contribution in [0.4, 0.5) is 13.2 Å². The number of nitrogens with zero attached hydrogens (tertiary/aromatic N) is 2. The number of aromatic nitrogens is 2. The molecule has 0 atom stereocenters. The Kier molecular flexibility index (Phi) is 3.36. The van der Waals surface area contributed by atoms with Gasteiger partial charge in [0, 0.05) is 13.3 Å². The van der Waals surface area contributed by atoms with Gasteiger partial charge in [0.2, 0.25) is 5.89 Å².